The van der Waals surface area contributed by atoms with Gasteiger partial charge >= 0.3 is 5.97 Å². The summed E-state index contributed by atoms with van der Waals surface area (Å²) in [6, 6.07) is 0. The number of carbonyl (C=O) groups is 1. The number of hydrogen-bond donors (Lipinski definition) is 1. The third-order valence-electron chi connectivity index (χ3n) is 2.27. The first-order chi connectivity index (χ1) is 7.63. The zero-order valence-electron chi connectivity index (χ0n) is 9.63. The molecule has 0 aromatic carbocycles. The van der Waals surface area contributed by atoms with E-state index in [9.17, 15) is 9.90 Å². The van der Waals surface area contributed by atoms with Crippen molar-refractivity contribution >= 4 is 5.97 Å². The molecular formula is C12H18O4. The molecule has 1 heterocycles. The van der Waals surface area contributed by atoms with Crippen LogP contribution in [0.2, 0.25) is 0 Å². The van der Waals surface area contributed by atoms with Crippen molar-refractivity contribution in [1.82, 2.24) is 0 Å². The van der Waals surface area contributed by atoms with Crippen molar-refractivity contribution in [3.63, 3.8) is 0 Å². The van der Waals surface area contributed by atoms with E-state index in [1.807, 2.05) is 6.92 Å². The van der Waals surface area contributed by atoms with Crippen molar-refractivity contribution < 1.29 is 19.4 Å². The maximum absolute atomic E-state index is 10.9. The van der Waals surface area contributed by atoms with E-state index >= 15 is 0 Å². The number of hydrogen-bond acceptors (Lipinski definition) is 4. The minimum absolute atomic E-state index is 0.0821. The van der Waals surface area contributed by atoms with Gasteiger partial charge in [0.15, 0.2) is 0 Å². The lowest BCUT2D eigenvalue weighted by Gasteiger charge is -2.07. The van der Waals surface area contributed by atoms with E-state index in [1.54, 1.807) is 25.2 Å². The van der Waals surface area contributed by atoms with Gasteiger partial charge in [-0.15, -0.1) is 0 Å². The molecule has 1 aliphatic heterocycles. The van der Waals surface area contributed by atoms with Crippen molar-refractivity contribution in [1.29, 1.82) is 0 Å². The molecule has 4 heteroatoms. The van der Waals surface area contributed by atoms with E-state index in [2.05, 4.69) is 0 Å². The number of aliphatic hydroxyl groups is 1. The van der Waals surface area contributed by atoms with Gasteiger partial charge in [0.2, 0.25) is 0 Å². The van der Waals surface area contributed by atoms with Crippen molar-refractivity contribution in [2.75, 3.05) is 6.61 Å². The normalized spacial score (nSPS) is 30.3. The summed E-state index contributed by atoms with van der Waals surface area (Å²) in [5.41, 5.74) is 0. The van der Waals surface area contributed by atoms with E-state index in [1.165, 1.54) is 6.08 Å². The van der Waals surface area contributed by atoms with Crippen molar-refractivity contribution in [2.24, 2.45) is 0 Å². The zero-order chi connectivity index (χ0) is 12.0. The summed E-state index contributed by atoms with van der Waals surface area (Å²) in [5.74, 6) is -0.367. The molecule has 4 nitrogen and oxygen atoms in total. The fraction of sp³-hybridized carbons (Fsp3) is 0.583. The molecule has 0 saturated carbocycles. The number of rotatable bonds is 4. The smallest absolute Gasteiger partial charge is 0.330 e. The Bertz CT molecular complexity index is 283. The Hall–Kier alpha value is -1.13. The first-order valence-electron chi connectivity index (χ1n) is 5.48. The van der Waals surface area contributed by atoms with Crippen LogP contribution in [-0.2, 0) is 14.3 Å². The Morgan fingerprint density at radius 2 is 2.31 bits per heavy atom. The second-order valence-corrected chi connectivity index (χ2v) is 3.71. The summed E-state index contributed by atoms with van der Waals surface area (Å²) in [5, 5.41) is 9.56. The second-order valence-electron chi connectivity index (χ2n) is 3.71. The van der Waals surface area contributed by atoms with Crippen LogP contribution >= 0.6 is 0 Å². The van der Waals surface area contributed by atoms with Crippen LogP contribution in [-0.4, -0.2) is 36.0 Å². The molecule has 16 heavy (non-hydrogen) atoms. The number of allylic oxidation sites excluding steroid dienone is 2. The first kappa shape index (κ1) is 12.9. The van der Waals surface area contributed by atoms with Gasteiger partial charge in [-0.3, -0.25) is 0 Å². The molecule has 1 N–H and O–H groups in total. The Morgan fingerprint density at radius 1 is 1.56 bits per heavy atom. The number of carbonyl (C=O) groups excluding carboxylic acids is 1. The molecule has 2 unspecified atom stereocenters. The fourth-order valence-corrected chi connectivity index (χ4v) is 1.56. The Labute approximate surface area is 95.6 Å². The molecule has 3 atom stereocenters. The Balaban J connectivity index is 2.34. The lowest BCUT2D eigenvalue weighted by atomic mass is 10.1. The minimum atomic E-state index is -0.456. The summed E-state index contributed by atoms with van der Waals surface area (Å²) in [6.45, 7) is 4.05. The van der Waals surface area contributed by atoms with Gasteiger partial charge in [-0.1, -0.05) is 18.2 Å². The molecule has 1 saturated heterocycles. The SMILES string of the molecule is CCOC(=O)/C=C/C=C/[C@H]1OC(C)CC1O. The van der Waals surface area contributed by atoms with Crippen molar-refractivity contribution in [3.8, 4) is 0 Å². The van der Waals surface area contributed by atoms with Crippen LogP contribution in [0.3, 0.4) is 0 Å². The lowest BCUT2D eigenvalue weighted by Crippen LogP contribution is -2.17. The summed E-state index contributed by atoms with van der Waals surface area (Å²) in [4.78, 5) is 10.9. The molecule has 0 spiro atoms. The molecule has 1 fully saturated rings. The molecule has 1 rings (SSSR count). The molecule has 0 bridgehead atoms. The molecule has 0 amide bonds. The largest absolute Gasteiger partial charge is 0.463 e. The fourth-order valence-electron chi connectivity index (χ4n) is 1.56. The van der Waals surface area contributed by atoms with Crippen LogP contribution in [0.4, 0.5) is 0 Å². The average molecular weight is 226 g/mol. The third-order valence-corrected chi connectivity index (χ3v) is 2.27. The van der Waals surface area contributed by atoms with Crippen LogP contribution in [0.25, 0.3) is 0 Å². The van der Waals surface area contributed by atoms with Crippen LogP contribution in [0.15, 0.2) is 24.3 Å². The quantitative estimate of drug-likeness (QED) is 0.444. The Kier molecular flexibility index (Phi) is 5.22. The molecule has 0 aromatic rings. The minimum Gasteiger partial charge on any atom is -0.463 e. The Morgan fingerprint density at radius 3 is 2.88 bits per heavy atom. The van der Waals surface area contributed by atoms with Crippen LogP contribution in [0.1, 0.15) is 20.3 Å². The monoisotopic (exact) mass is 226 g/mol. The molecule has 1 aliphatic rings. The summed E-state index contributed by atoms with van der Waals surface area (Å²) in [6.07, 6.45) is 6.34. The highest BCUT2D eigenvalue weighted by Gasteiger charge is 2.28. The number of aliphatic hydroxyl groups excluding tert-OH is 1. The predicted octanol–water partition coefficient (Wildman–Crippen LogP) is 1.20. The topological polar surface area (TPSA) is 55.8 Å². The molecular weight excluding hydrogens is 208 g/mol. The van der Waals surface area contributed by atoms with E-state index in [0.29, 0.717) is 13.0 Å². The van der Waals surface area contributed by atoms with Crippen molar-refractivity contribution in [2.45, 2.75) is 38.6 Å². The van der Waals surface area contributed by atoms with E-state index in [-0.39, 0.29) is 18.2 Å². The maximum Gasteiger partial charge on any atom is 0.330 e. The zero-order valence-corrected chi connectivity index (χ0v) is 9.63. The van der Waals surface area contributed by atoms with E-state index in [0.717, 1.165) is 0 Å². The van der Waals surface area contributed by atoms with Gasteiger partial charge in [0, 0.05) is 12.5 Å². The first-order valence-corrected chi connectivity index (χ1v) is 5.48. The van der Waals surface area contributed by atoms with E-state index in [4.69, 9.17) is 9.47 Å². The number of ether oxygens (including phenoxy) is 2. The lowest BCUT2D eigenvalue weighted by molar-refractivity contribution is -0.137. The van der Waals surface area contributed by atoms with Crippen LogP contribution in [0, 0.1) is 0 Å². The van der Waals surface area contributed by atoms with Gasteiger partial charge in [0.05, 0.1) is 18.8 Å². The maximum atomic E-state index is 10.9. The summed E-state index contributed by atoms with van der Waals surface area (Å²) >= 11 is 0. The van der Waals surface area contributed by atoms with Gasteiger partial charge in [-0.05, 0) is 13.8 Å². The van der Waals surface area contributed by atoms with Gasteiger partial charge in [-0.2, -0.15) is 0 Å². The van der Waals surface area contributed by atoms with Crippen molar-refractivity contribution in [3.05, 3.63) is 24.3 Å². The number of esters is 1. The molecule has 90 valence electrons. The van der Waals surface area contributed by atoms with Gasteiger partial charge < -0.3 is 14.6 Å². The molecule has 0 aromatic heterocycles. The summed E-state index contributed by atoms with van der Waals surface area (Å²) < 4.78 is 10.2. The van der Waals surface area contributed by atoms with Gasteiger partial charge in [-0.25, -0.2) is 4.79 Å². The molecule has 0 radical (unpaired) electrons. The van der Waals surface area contributed by atoms with Crippen LogP contribution in [0.5, 0.6) is 0 Å². The predicted molar refractivity (Wildman–Crippen MR) is 59.9 cm³/mol. The van der Waals surface area contributed by atoms with Gasteiger partial charge in [0.1, 0.15) is 6.10 Å². The van der Waals surface area contributed by atoms with Crippen LogP contribution < -0.4 is 0 Å². The third kappa shape index (κ3) is 4.16. The standard InChI is InChI=1S/C12H18O4/c1-3-15-12(14)7-5-4-6-11-10(13)8-9(2)16-11/h4-7,9-11,13H,3,8H2,1-2H3/b6-4+,7-5+/t9?,10?,11-/m1/s1. The molecule has 0 aliphatic carbocycles. The van der Waals surface area contributed by atoms with E-state index < -0.39 is 6.10 Å². The highest BCUT2D eigenvalue weighted by molar-refractivity contribution is 5.82. The summed E-state index contributed by atoms with van der Waals surface area (Å²) in [7, 11) is 0. The van der Waals surface area contributed by atoms with Gasteiger partial charge in [0.25, 0.3) is 0 Å². The second kappa shape index (κ2) is 6.45. The highest BCUT2D eigenvalue weighted by Crippen LogP contribution is 2.20. The average Bonchev–Trinajstić information content (AvgIpc) is 2.53. The highest BCUT2D eigenvalue weighted by atomic mass is 16.5.